The summed E-state index contributed by atoms with van der Waals surface area (Å²) in [7, 11) is -1.82. The first-order valence-electron chi connectivity index (χ1n) is 6.34. The summed E-state index contributed by atoms with van der Waals surface area (Å²) in [4.78, 5) is 12.8. The average Bonchev–Trinajstić information content (AvgIpc) is 2.71. The molecule has 0 saturated carbocycles. The van der Waals surface area contributed by atoms with Crippen molar-refractivity contribution in [3.05, 3.63) is 17.6 Å². The third-order valence-electron chi connectivity index (χ3n) is 3.32. The summed E-state index contributed by atoms with van der Waals surface area (Å²) in [5.74, 6) is -1.57. The zero-order chi connectivity index (χ0) is 14.9. The number of carboxylic acids is 1. The molecule has 112 valence electrons. The van der Waals surface area contributed by atoms with Crippen molar-refractivity contribution in [3.8, 4) is 0 Å². The smallest absolute Gasteiger partial charge is 0.371 e. The van der Waals surface area contributed by atoms with Crippen LogP contribution in [0.2, 0.25) is 0 Å². The third-order valence-corrected chi connectivity index (χ3v) is 4.95. The Hall–Kier alpha value is -1.38. The van der Waals surface area contributed by atoms with Gasteiger partial charge in [0.05, 0.1) is 0 Å². The van der Waals surface area contributed by atoms with Crippen molar-refractivity contribution >= 4 is 16.0 Å². The summed E-state index contributed by atoms with van der Waals surface area (Å²) in [6, 6.07) is 0.883. The minimum Gasteiger partial charge on any atom is -0.475 e. The topological polar surface area (TPSA) is 99.8 Å². The van der Waals surface area contributed by atoms with Gasteiger partial charge in [-0.1, -0.05) is 0 Å². The number of likely N-dealkylation sites (N-methyl/N-ethyl adjacent to an activating group) is 1. The Kier molecular flexibility index (Phi) is 4.17. The molecule has 0 aromatic carbocycles. The van der Waals surface area contributed by atoms with Gasteiger partial charge in [-0.05, 0) is 33.4 Å². The molecule has 1 aliphatic rings. The lowest BCUT2D eigenvalue weighted by Crippen LogP contribution is -2.46. The number of aryl methyl sites for hydroxylation is 1. The van der Waals surface area contributed by atoms with Gasteiger partial charge in [-0.3, -0.25) is 0 Å². The van der Waals surface area contributed by atoms with E-state index in [1.54, 1.807) is 0 Å². The number of carboxylic acid groups (broad SMARTS) is 1. The zero-order valence-corrected chi connectivity index (χ0v) is 12.2. The van der Waals surface area contributed by atoms with Crippen LogP contribution in [0, 0.1) is 6.92 Å². The Morgan fingerprint density at radius 2 is 2.25 bits per heavy atom. The molecule has 1 aliphatic heterocycles. The third kappa shape index (κ3) is 3.20. The van der Waals surface area contributed by atoms with E-state index in [0.29, 0.717) is 6.54 Å². The number of sulfonamides is 1. The molecule has 1 saturated heterocycles. The fourth-order valence-corrected chi connectivity index (χ4v) is 3.82. The van der Waals surface area contributed by atoms with Gasteiger partial charge in [-0.15, -0.1) is 0 Å². The number of furan rings is 1. The first kappa shape index (κ1) is 15.0. The summed E-state index contributed by atoms with van der Waals surface area (Å²) in [6.07, 6.45) is 1.70. The number of carbonyl (C=O) groups is 1. The van der Waals surface area contributed by atoms with Crippen LogP contribution in [0.15, 0.2) is 15.4 Å². The molecule has 0 bridgehead atoms. The molecule has 0 aliphatic carbocycles. The van der Waals surface area contributed by atoms with Crippen molar-refractivity contribution in [2.75, 3.05) is 20.1 Å². The standard InChI is InChI=1S/C12H18N2O5S/c1-8-11(6-10(19-8)12(15)16)20(17,18)13-9-4-3-5-14(2)7-9/h6,9,13H,3-5,7H2,1-2H3,(H,15,16). The fourth-order valence-electron chi connectivity index (χ4n) is 2.38. The van der Waals surface area contributed by atoms with Crippen LogP contribution in [-0.2, 0) is 10.0 Å². The van der Waals surface area contributed by atoms with Crippen molar-refractivity contribution in [2.24, 2.45) is 0 Å². The van der Waals surface area contributed by atoms with E-state index in [4.69, 9.17) is 9.52 Å². The highest BCUT2D eigenvalue weighted by Crippen LogP contribution is 2.21. The van der Waals surface area contributed by atoms with Gasteiger partial charge in [0.2, 0.25) is 15.8 Å². The number of aromatic carboxylic acids is 1. The van der Waals surface area contributed by atoms with Gasteiger partial charge >= 0.3 is 5.97 Å². The predicted octanol–water partition coefficient (Wildman–Crippen LogP) is 0.659. The van der Waals surface area contributed by atoms with E-state index >= 15 is 0 Å². The van der Waals surface area contributed by atoms with Crippen LogP contribution in [0.3, 0.4) is 0 Å². The van der Waals surface area contributed by atoms with Crippen LogP contribution < -0.4 is 4.72 Å². The van der Waals surface area contributed by atoms with Gasteiger partial charge in [0.15, 0.2) is 0 Å². The molecule has 2 heterocycles. The van der Waals surface area contributed by atoms with E-state index in [9.17, 15) is 13.2 Å². The number of hydrogen-bond acceptors (Lipinski definition) is 5. The normalized spacial score (nSPS) is 21.0. The second kappa shape index (κ2) is 5.55. The molecule has 2 N–H and O–H groups in total. The molecule has 7 nitrogen and oxygen atoms in total. The van der Waals surface area contributed by atoms with Crippen molar-refractivity contribution in [2.45, 2.75) is 30.7 Å². The molecule has 2 rings (SSSR count). The number of likely N-dealkylation sites (tertiary alicyclic amines) is 1. The first-order chi connectivity index (χ1) is 9.29. The van der Waals surface area contributed by atoms with Gasteiger partial charge in [-0.2, -0.15) is 0 Å². The molecule has 0 amide bonds. The van der Waals surface area contributed by atoms with Gasteiger partial charge in [-0.25, -0.2) is 17.9 Å². The van der Waals surface area contributed by atoms with Crippen LogP contribution >= 0.6 is 0 Å². The Bertz CT molecular complexity index is 607. The average molecular weight is 302 g/mol. The first-order valence-corrected chi connectivity index (χ1v) is 7.82. The Morgan fingerprint density at radius 1 is 1.55 bits per heavy atom. The summed E-state index contributed by atoms with van der Waals surface area (Å²) in [5, 5.41) is 8.83. The maximum atomic E-state index is 12.3. The highest BCUT2D eigenvalue weighted by atomic mass is 32.2. The number of piperidine rings is 1. The highest BCUT2D eigenvalue weighted by Gasteiger charge is 2.28. The van der Waals surface area contributed by atoms with E-state index in [2.05, 4.69) is 9.62 Å². The molecule has 1 unspecified atom stereocenters. The van der Waals surface area contributed by atoms with Gasteiger partial charge in [0, 0.05) is 18.7 Å². The highest BCUT2D eigenvalue weighted by molar-refractivity contribution is 7.89. The summed E-state index contributed by atoms with van der Waals surface area (Å²) >= 11 is 0. The van der Waals surface area contributed by atoms with Crippen LogP contribution in [0.5, 0.6) is 0 Å². The lowest BCUT2D eigenvalue weighted by atomic mass is 10.1. The van der Waals surface area contributed by atoms with E-state index in [-0.39, 0.29) is 22.5 Å². The van der Waals surface area contributed by atoms with Crippen molar-refractivity contribution in [1.29, 1.82) is 0 Å². The Morgan fingerprint density at radius 3 is 2.80 bits per heavy atom. The molecule has 1 fully saturated rings. The Balaban J connectivity index is 2.19. The maximum Gasteiger partial charge on any atom is 0.371 e. The quantitative estimate of drug-likeness (QED) is 0.847. The molecule has 8 heteroatoms. The molecule has 1 atom stereocenters. The molecule has 20 heavy (non-hydrogen) atoms. The van der Waals surface area contributed by atoms with Gasteiger partial charge < -0.3 is 14.4 Å². The maximum absolute atomic E-state index is 12.3. The van der Waals surface area contributed by atoms with Crippen LogP contribution in [0.25, 0.3) is 0 Å². The van der Waals surface area contributed by atoms with E-state index in [0.717, 1.165) is 25.5 Å². The van der Waals surface area contributed by atoms with Crippen molar-refractivity contribution < 1.29 is 22.7 Å². The number of nitrogens with zero attached hydrogens (tertiary/aromatic N) is 1. The number of hydrogen-bond donors (Lipinski definition) is 2. The van der Waals surface area contributed by atoms with Gasteiger partial charge in [0.1, 0.15) is 10.7 Å². The zero-order valence-electron chi connectivity index (χ0n) is 11.4. The second-order valence-electron chi connectivity index (χ2n) is 5.06. The number of nitrogens with one attached hydrogen (secondary N) is 1. The SMILES string of the molecule is Cc1oc(C(=O)O)cc1S(=O)(=O)NC1CCCN(C)C1. The minimum atomic E-state index is -3.76. The Labute approximate surface area is 117 Å². The predicted molar refractivity (Wildman–Crippen MR) is 71.2 cm³/mol. The van der Waals surface area contributed by atoms with Gasteiger partial charge in [0.25, 0.3) is 0 Å². The molecular weight excluding hydrogens is 284 g/mol. The molecular formula is C12H18N2O5S. The van der Waals surface area contributed by atoms with Crippen LogP contribution in [0.4, 0.5) is 0 Å². The lowest BCUT2D eigenvalue weighted by Gasteiger charge is -2.29. The largest absolute Gasteiger partial charge is 0.475 e. The molecule has 0 spiro atoms. The van der Waals surface area contributed by atoms with Crippen molar-refractivity contribution in [1.82, 2.24) is 9.62 Å². The second-order valence-corrected chi connectivity index (χ2v) is 6.74. The van der Waals surface area contributed by atoms with Crippen LogP contribution in [0.1, 0.15) is 29.2 Å². The van der Waals surface area contributed by atoms with Crippen molar-refractivity contribution in [3.63, 3.8) is 0 Å². The summed E-state index contributed by atoms with van der Waals surface area (Å²) < 4.78 is 32.1. The molecule has 1 aromatic rings. The number of rotatable bonds is 4. The van der Waals surface area contributed by atoms with E-state index < -0.39 is 16.0 Å². The summed E-state index contributed by atoms with van der Waals surface area (Å²) in [6.45, 7) is 3.03. The van der Waals surface area contributed by atoms with E-state index in [1.165, 1.54) is 6.92 Å². The molecule has 0 radical (unpaired) electrons. The van der Waals surface area contributed by atoms with E-state index in [1.807, 2.05) is 7.05 Å². The van der Waals surface area contributed by atoms with Crippen LogP contribution in [-0.4, -0.2) is 50.6 Å². The monoisotopic (exact) mass is 302 g/mol. The minimum absolute atomic E-state index is 0.0825. The lowest BCUT2D eigenvalue weighted by molar-refractivity contribution is 0.0661. The summed E-state index contributed by atoms with van der Waals surface area (Å²) in [5.41, 5.74) is 0. The molecule has 1 aromatic heterocycles. The fraction of sp³-hybridized carbons (Fsp3) is 0.583.